The molecule has 2 aromatic carbocycles. The van der Waals surface area contributed by atoms with Gasteiger partial charge in [0.25, 0.3) is 0 Å². The van der Waals surface area contributed by atoms with E-state index in [1.165, 1.54) is 14.2 Å². The van der Waals surface area contributed by atoms with E-state index in [9.17, 15) is 9.90 Å². The second kappa shape index (κ2) is 4.71. The summed E-state index contributed by atoms with van der Waals surface area (Å²) < 4.78 is 10.6. The summed E-state index contributed by atoms with van der Waals surface area (Å²) in [4.78, 5) is 17.3. The average molecular weight is 307 g/mol. The fourth-order valence-electron chi connectivity index (χ4n) is 3.21. The van der Waals surface area contributed by atoms with Gasteiger partial charge in [0.05, 0.1) is 19.9 Å². The minimum Gasteiger partial charge on any atom is -0.504 e. The summed E-state index contributed by atoms with van der Waals surface area (Å²) in [5, 5.41) is 11.9. The molecule has 0 saturated heterocycles. The molecule has 23 heavy (non-hydrogen) atoms. The molecule has 0 aliphatic heterocycles. The zero-order chi connectivity index (χ0) is 16.1. The van der Waals surface area contributed by atoms with E-state index < -0.39 is 0 Å². The van der Waals surface area contributed by atoms with Crippen molar-refractivity contribution in [3.05, 3.63) is 46.8 Å². The van der Waals surface area contributed by atoms with E-state index in [4.69, 9.17) is 9.47 Å². The van der Waals surface area contributed by atoms with Crippen molar-refractivity contribution in [1.29, 1.82) is 0 Å². The Kier molecular flexibility index (Phi) is 2.78. The number of rotatable bonds is 2. The monoisotopic (exact) mass is 307 g/mol. The summed E-state index contributed by atoms with van der Waals surface area (Å²) in [6.07, 6.45) is 1.66. The molecule has 4 rings (SSSR count). The number of aromatic hydroxyl groups is 1. The Morgan fingerprint density at radius 1 is 1.09 bits per heavy atom. The SMILES string of the molecule is COc1c(O)cc2ccnc3c2c1-c1c-3cccc(OC)c1=O. The molecule has 0 amide bonds. The molecule has 1 aliphatic carbocycles. The van der Waals surface area contributed by atoms with Gasteiger partial charge < -0.3 is 14.6 Å². The predicted octanol–water partition coefficient (Wildman–Crippen LogP) is 2.97. The molecule has 0 bridgehead atoms. The third-order valence-electron chi connectivity index (χ3n) is 4.14. The van der Waals surface area contributed by atoms with Crippen LogP contribution in [0.1, 0.15) is 0 Å². The van der Waals surface area contributed by atoms with Crippen LogP contribution < -0.4 is 14.9 Å². The van der Waals surface area contributed by atoms with Crippen molar-refractivity contribution in [2.45, 2.75) is 0 Å². The van der Waals surface area contributed by atoms with Crippen LogP contribution in [-0.2, 0) is 0 Å². The Labute approximate surface area is 131 Å². The molecule has 5 heteroatoms. The molecule has 5 nitrogen and oxygen atoms in total. The highest BCUT2D eigenvalue weighted by molar-refractivity contribution is 6.16. The van der Waals surface area contributed by atoms with E-state index in [1.807, 2.05) is 6.07 Å². The Bertz CT molecular complexity index is 1030. The number of phenols is 1. The second-order valence-electron chi connectivity index (χ2n) is 5.27. The smallest absolute Gasteiger partial charge is 0.228 e. The first-order valence-corrected chi connectivity index (χ1v) is 7.08. The largest absolute Gasteiger partial charge is 0.504 e. The van der Waals surface area contributed by atoms with Gasteiger partial charge in [0.15, 0.2) is 17.2 Å². The third-order valence-corrected chi connectivity index (χ3v) is 4.14. The topological polar surface area (TPSA) is 68.7 Å². The molecular weight excluding hydrogens is 294 g/mol. The lowest BCUT2D eigenvalue weighted by Gasteiger charge is -2.10. The minimum absolute atomic E-state index is 0.00938. The standard InChI is InChI=1S/C18H13NO4/c1-22-12-5-3-4-10-14(17(12)21)15-13-9(6-7-19-16(10)13)8-11(20)18(15)23-2/h3-8,20H,1-2H3. The van der Waals surface area contributed by atoms with E-state index >= 15 is 0 Å². The fraction of sp³-hybridized carbons (Fsp3) is 0.111. The maximum absolute atomic E-state index is 12.9. The van der Waals surface area contributed by atoms with E-state index in [-0.39, 0.29) is 22.7 Å². The second-order valence-corrected chi connectivity index (χ2v) is 5.27. The number of fused-ring (bicyclic) bond motifs is 3. The number of pyridine rings is 1. The van der Waals surface area contributed by atoms with Crippen molar-refractivity contribution in [3.63, 3.8) is 0 Å². The molecule has 1 heterocycles. The Morgan fingerprint density at radius 2 is 1.91 bits per heavy atom. The fourth-order valence-corrected chi connectivity index (χ4v) is 3.21. The van der Waals surface area contributed by atoms with Gasteiger partial charge in [-0.15, -0.1) is 0 Å². The highest BCUT2D eigenvalue weighted by Gasteiger charge is 2.30. The summed E-state index contributed by atoms with van der Waals surface area (Å²) in [6.45, 7) is 0. The van der Waals surface area contributed by atoms with Crippen LogP contribution in [0.2, 0.25) is 0 Å². The van der Waals surface area contributed by atoms with Crippen LogP contribution in [0.25, 0.3) is 33.2 Å². The molecule has 0 radical (unpaired) electrons. The van der Waals surface area contributed by atoms with Gasteiger partial charge in [0, 0.05) is 28.3 Å². The van der Waals surface area contributed by atoms with Gasteiger partial charge in [0.2, 0.25) is 5.43 Å². The minimum atomic E-state index is -0.254. The molecule has 1 N–H and O–H groups in total. The molecule has 0 atom stereocenters. The van der Waals surface area contributed by atoms with E-state index in [0.29, 0.717) is 22.4 Å². The molecule has 114 valence electrons. The molecule has 3 aromatic rings. The van der Waals surface area contributed by atoms with Crippen molar-refractivity contribution < 1.29 is 14.6 Å². The molecule has 0 spiro atoms. The van der Waals surface area contributed by atoms with Gasteiger partial charge >= 0.3 is 0 Å². The molecule has 1 aromatic heterocycles. The first-order valence-electron chi connectivity index (χ1n) is 7.08. The Hall–Kier alpha value is -3.08. The van der Waals surface area contributed by atoms with Crippen LogP contribution in [-0.4, -0.2) is 24.3 Å². The quantitative estimate of drug-likeness (QED) is 0.616. The third kappa shape index (κ3) is 1.67. The van der Waals surface area contributed by atoms with E-state index in [2.05, 4.69) is 4.98 Å². The number of benzene rings is 1. The van der Waals surface area contributed by atoms with Gasteiger partial charge in [-0.25, -0.2) is 0 Å². The van der Waals surface area contributed by atoms with Crippen molar-refractivity contribution in [2.24, 2.45) is 0 Å². The summed E-state index contributed by atoms with van der Waals surface area (Å²) >= 11 is 0. The summed E-state index contributed by atoms with van der Waals surface area (Å²) in [7, 11) is 2.93. The van der Waals surface area contributed by atoms with Crippen LogP contribution in [0.15, 0.2) is 41.3 Å². The maximum atomic E-state index is 12.9. The normalized spacial score (nSPS) is 11.4. The van der Waals surface area contributed by atoms with Crippen molar-refractivity contribution in [3.8, 4) is 39.6 Å². The molecule has 0 fully saturated rings. The summed E-state index contributed by atoms with van der Waals surface area (Å²) in [6, 6.07) is 8.64. The molecule has 0 saturated carbocycles. The highest BCUT2D eigenvalue weighted by atomic mass is 16.5. The van der Waals surface area contributed by atoms with Crippen LogP contribution in [0, 0.1) is 0 Å². The predicted molar refractivity (Wildman–Crippen MR) is 87.2 cm³/mol. The van der Waals surface area contributed by atoms with E-state index in [1.54, 1.807) is 30.5 Å². The van der Waals surface area contributed by atoms with Crippen LogP contribution in [0.5, 0.6) is 17.2 Å². The summed E-state index contributed by atoms with van der Waals surface area (Å²) in [5.74, 6) is 0.498. The van der Waals surface area contributed by atoms with Gasteiger partial charge in [-0.3, -0.25) is 9.78 Å². The zero-order valence-electron chi connectivity index (χ0n) is 12.6. The van der Waals surface area contributed by atoms with Gasteiger partial charge in [0.1, 0.15) is 0 Å². The van der Waals surface area contributed by atoms with Gasteiger partial charge in [-0.05, 0) is 23.6 Å². The molecular formula is C18H13NO4. The first kappa shape index (κ1) is 13.6. The lowest BCUT2D eigenvalue weighted by atomic mass is 10.0. The summed E-state index contributed by atoms with van der Waals surface area (Å²) in [5.41, 5.74) is 2.18. The molecule has 1 aliphatic rings. The molecule has 0 unspecified atom stereocenters. The van der Waals surface area contributed by atoms with E-state index in [0.717, 1.165) is 10.8 Å². The Morgan fingerprint density at radius 3 is 2.65 bits per heavy atom. The van der Waals surface area contributed by atoms with Crippen LogP contribution in [0.3, 0.4) is 0 Å². The number of nitrogens with zero attached hydrogens (tertiary/aromatic N) is 1. The Balaban J connectivity index is 2.30. The lowest BCUT2D eigenvalue weighted by Crippen LogP contribution is -2.05. The number of ether oxygens (including phenoxy) is 2. The number of aromatic nitrogens is 1. The average Bonchev–Trinajstić information content (AvgIpc) is 2.77. The van der Waals surface area contributed by atoms with Crippen molar-refractivity contribution >= 4 is 10.8 Å². The van der Waals surface area contributed by atoms with Crippen molar-refractivity contribution in [2.75, 3.05) is 14.2 Å². The van der Waals surface area contributed by atoms with Gasteiger partial charge in [-0.1, -0.05) is 12.1 Å². The first-order chi connectivity index (χ1) is 11.2. The number of methoxy groups -OCH3 is 2. The van der Waals surface area contributed by atoms with Crippen molar-refractivity contribution in [1.82, 2.24) is 4.98 Å². The number of phenolic OH excluding ortho intramolecular Hbond substituents is 1. The number of hydrogen-bond donors (Lipinski definition) is 1. The lowest BCUT2D eigenvalue weighted by molar-refractivity contribution is 0.376. The highest BCUT2D eigenvalue weighted by Crippen LogP contribution is 2.51. The number of hydrogen-bond acceptors (Lipinski definition) is 5. The maximum Gasteiger partial charge on any atom is 0.228 e. The zero-order valence-corrected chi connectivity index (χ0v) is 12.6. The van der Waals surface area contributed by atoms with Gasteiger partial charge in [-0.2, -0.15) is 0 Å². The van der Waals surface area contributed by atoms with Crippen LogP contribution >= 0.6 is 0 Å². The van der Waals surface area contributed by atoms with Crippen LogP contribution in [0.4, 0.5) is 0 Å².